The predicted octanol–water partition coefficient (Wildman–Crippen LogP) is 6.28. The molecule has 0 spiro atoms. The van der Waals surface area contributed by atoms with Crippen molar-refractivity contribution in [2.75, 3.05) is 4.90 Å². The maximum absolute atomic E-state index is 15.1. The van der Waals surface area contributed by atoms with E-state index in [1.807, 2.05) is 30.3 Å². The van der Waals surface area contributed by atoms with Gasteiger partial charge in [-0.25, -0.2) is 18.5 Å². The van der Waals surface area contributed by atoms with Crippen LogP contribution in [0.15, 0.2) is 77.7 Å². The summed E-state index contributed by atoms with van der Waals surface area (Å²) in [7, 11) is 0. The number of nitrogens with zero attached hydrogens (tertiary/aromatic N) is 1. The fourth-order valence-corrected chi connectivity index (χ4v) is 5.02. The van der Waals surface area contributed by atoms with Crippen molar-refractivity contribution < 1.29 is 23.1 Å². The minimum absolute atomic E-state index is 0.153. The Kier molecular flexibility index (Phi) is 5.54. The van der Waals surface area contributed by atoms with Crippen LogP contribution in [0.4, 0.5) is 19.3 Å². The summed E-state index contributed by atoms with van der Waals surface area (Å²) in [5.41, 5.74) is -0.319. The van der Waals surface area contributed by atoms with Gasteiger partial charge in [-0.1, -0.05) is 54.2 Å². The summed E-state index contributed by atoms with van der Waals surface area (Å²) in [5.74, 6) is -1.87. The molecule has 0 aliphatic carbocycles. The van der Waals surface area contributed by atoms with E-state index in [1.165, 1.54) is 48.2 Å². The predicted molar refractivity (Wildman–Crippen MR) is 120 cm³/mol. The molecule has 1 atom stereocenters. The molecule has 1 heterocycles. The number of imide groups is 1. The largest absolute Gasteiger partial charge is 0.443 e. The maximum Gasteiger partial charge on any atom is 0.421 e. The standard InChI is InChI=1S/C25H21F2NO3S/c1-24(2,3)31-23(30)28-21-19(10-7-11-20(21)27)25(22(28)29,16-12-14-17(26)15-13-16)32-18-8-5-4-6-9-18/h4-15H,1-3H3/t25-/m0/s1. The Balaban J connectivity index is 1.97. The molecule has 3 aromatic rings. The molecule has 0 aromatic heterocycles. The first kappa shape index (κ1) is 22.0. The van der Waals surface area contributed by atoms with Gasteiger partial charge in [0.1, 0.15) is 17.2 Å². The number of thioether (sulfide) groups is 1. The summed E-state index contributed by atoms with van der Waals surface area (Å²) in [6.45, 7) is 5.00. The number of ether oxygens (including phenoxy) is 1. The molecular formula is C25H21F2NO3S. The molecule has 0 unspecified atom stereocenters. The summed E-state index contributed by atoms with van der Waals surface area (Å²) in [6, 6.07) is 18.9. The van der Waals surface area contributed by atoms with E-state index in [0.29, 0.717) is 11.1 Å². The second-order valence-electron chi connectivity index (χ2n) is 8.36. The van der Waals surface area contributed by atoms with E-state index in [-0.39, 0.29) is 5.69 Å². The topological polar surface area (TPSA) is 46.6 Å². The van der Waals surface area contributed by atoms with Crippen LogP contribution in [-0.4, -0.2) is 17.6 Å². The zero-order valence-electron chi connectivity index (χ0n) is 17.8. The molecule has 4 rings (SSSR count). The number of carbonyl (C=O) groups excluding carboxylic acids is 2. The van der Waals surface area contributed by atoms with Crippen LogP contribution < -0.4 is 4.90 Å². The second kappa shape index (κ2) is 8.06. The molecule has 164 valence electrons. The van der Waals surface area contributed by atoms with Crippen LogP contribution in [0.1, 0.15) is 31.9 Å². The highest BCUT2D eigenvalue weighted by Crippen LogP contribution is 2.56. The Morgan fingerprint density at radius 3 is 2.22 bits per heavy atom. The quantitative estimate of drug-likeness (QED) is 0.468. The zero-order chi connectivity index (χ0) is 23.1. The van der Waals surface area contributed by atoms with Gasteiger partial charge in [0.25, 0.3) is 5.91 Å². The molecule has 0 saturated heterocycles. The lowest BCUT2D eigenvalue weighted by atomic mass is 9.91. The normalized spacial score (nSPS) is 17.9. The van der Waals surface area contributed by atoms with Crippen LogP contribution in [-0.2, 0) is 14.3 Å². The van der Waals surface area contributed by atoms with Crippen LogP contribution in [0.25, 0.3) is 0 Å². The van der Waals surface area contributed by atoms with E-state index >= 15 is 4.39 Å². The summed E-state index contributed by atoms with van der Waals surface area (Å²) in [4.78, 5) is 28.5. The Bertz CT molecular complexity index is 1180. The van der Waals surface area contributed by atoms with Crippen LogP contribution in [0, 0.1) is 11.6 Å². The lowest BCUT2D eigenvalue weighted by Crippen LogP contribution is -2.44. The van der Waals surface area contributed by atoms with Gasteiger partial charge in [-0.05, 0) is 56.7 Å². The van der Waals surface area contributed by atoms with Gasteiger partial charge in [-0.15, -0.1) is 0 Å². The Hall–Kier alpha value is -3.19. The van der Waals surface area contributed by atoms with Crippen molar-refractivity contribution in [3.63, 3.8) is 0 Å². The third kappa shape index (κ3) is 3.77. The summed E-state index contributed by atoms with van der Waals surface area (Å²) >= 11 is 1.17. The van der Waals surface area contributed by atoms with E-state index in [2.05, 4.69) is 0 Å². The minimum Gasteiger partial charge on any atom is -0.443 e. The van der Waals surface area contributed by atoms with Gasteiger partial charge in [-0.2, -0.15) is 0 Å². The first-order valence-electron chi connectivity index (χ1n) is 10.00. The maximum atomic E-state index is 15.1. The van der Waals surface area contributed by atoms with Crippen molar-refractivity contribution in [3.8, 4) is 0 Å². The number of anilines is 1. The number of rotatable bonds is 3. The highest BCUT2D eigenvalue weighted by Gasteiger charge is 2.57. The molecule has 3 aromatic carbocycles. The van der Waals surface area contributed by atoms with E-state index in [4.69, 9.17) is 4.74 Å². The number of carbonyl (C=O) groups is 2. The zero-order valence-corrected chi connectivity index (χ0v) is 18.6. The molecule has 1 aliphatic rings. The molecule has 0 bridgehead atoms. The van der Waals surface area contributed by atoms with E-state index in [0.717, 1.165) is 9.80 Å². The fraction of sp³-hybridized carbons (Fsp3) is 0.200. The van der Waals surface area contributed by atoms with E-state index < -0.39 is 34.0 Å². The number of halogens is 2. The van der Waals surface area contributed by atoms with Gasteiger partial charge < -0.3 is 4.74 Å². The number of para-hydroxylation sites is 1. The molecule has 7 heteroatoms. The van der Waals surface area contributed by atoms with Crippen molar-refractivity contribution in [2.45, 2.75) is 36.0 Å². The molecule has 4 nitrogen and oxygen atoms in total. The van der Waals surface area contributed by atoms with Crippen LogP contribution in [0.3, 0.4) is 0 Å². The Labute approximate surface area is 189 Å². The number of benzene rings is 3. The molecule has 0 N–H and O–H groups in total. The third-order valence-electron chi connectivity index (χ3n) is 4.93. The summed E-state index contributed by atoms with van der Waals surface area (Å²) < 4.78 is 32.8. The molecule has 1 aliphatic heterocycles. The first-order valence-corrected chi connectivity index (χ1v) is 10.8. The lowest BCUT2D eigenvalue weighted by Gasteiger charge is -2.29. The molecule has 32 heavy (non-hydrogen) atoms. The van der Waals surface area contributed by atoms with Gasteiger partial charge in [-0.3, -0.25) is 4.79 Å². The van der Waals surface area contributed by atoms with Crippen molar-refractivity contribution in [3.05, 3.63) is 95.6 Å². The van der Waals surface area contributed by atoms with Crippen LogP contribution in [0.2, 0.25) is 0 Å². The van der Waals surface area contributed by atoms with Crippen molar-refractivity contribution >= 4 is 29.4 Å². The third-order valence-corrected chi connectivity index (χ3v) is 6.38. The fourth-order valence-electron chi connectivity index (χ4n) is 3.67. The molecule has 0 saturated carbocycles. The Morgan fingerprint density at radius 1 is 0.938 bits per heavy atom. The first-order chi connectivity index (χ1) is 15.1. The SMILES string of the molecule is CC(C)(C)OC(=O)N1C(=O)[C@](Sc2ccccc2)(c2ccc(F)cc2)c2cccc(F)c21. The average molecular weight is 454 g/mol. The number of hydrogen-bond donors (Lipinski definition) is 0. The lowest BCUT2D eigenvalue weighted by molar-refractivity contribution is -0.119. The number of fused-ring (bicyclic) bond motifs is 1. The minimum atomic E-state index is -1.51. The molecule has 0 fully saturated rings. The van der Waals surface area contributed by atoms with Gasteiger partial charge in [0, 0.05) is 10.5 Å². The van der Waals surface area contributed by atoms with E-state index in [1.54, 1.807) is 26.8 Å². The Morgan fingerprint density at radius 2 is 1.59 bits per heavy atom. The van der Waals surface area contributed by atoms with Gasteiger partial charge in [0.15, 0.2) is 4.75 Å². The average Bonchev–Trinajstić information content (AvgIpc) is 2.98. The van der Waals surface area contributed by atoms with Crippen molar-refractivity contribution in [1.29, 1.82) is 0 Å². The molecule has 2 amide bonds. The van der Waals surface area contributed by atoms with Crippen molar-refractivity contribution in [1.82, 2.24) is 0 Å². The monoisotopic (exact) mass is 453 g/mol. The van der Waals surface area contributed by atoms with Gasteiger partial charge in [0.05, 0.1) is 5.69 Å². The highest BCUT2D eigenvalue weighted by molar-refractivity contribution is 8.01. The second-order valence-corrected chi connectivity index (χ2v) is 9.65. The number of hydrogen-bond acceptors (Lipinski definition) is 4. The van der Waals surface area contributed by atoms with Crippen LogP contribution >= 0.6 is 11.8 Å². The number of amides is 2. The smallest absolute Gasteiger partial charge is 0.421 e. The molecule has 0 radical (unpaired) electrons. The van der Waals surface area contributed by atoms with Crippen LogP contribution in [0.5, 0.6) is 0 Å². The van der Waals surface area contributed by atoms with Gasteiger partial charge >= 0.3 is 6.09 Å². The highest BCUT2D eigenvalue weighted by atomic mass is 32.2. The van der Waals surface area contributed by atoms with E-state index in [9.17, 15) is 14.0 Å². The molecular weight excluding hydrogens is 432 g/mol. The summed E-state index contributed by atoms with van der Waals surface area (Å²) in [6.07, 6.45) is -0.966. The summed E-state index contributed by atoms with van der Waals surface area (Å²) in [5, 5.41) is 0. The van der Waals surface area contributed by atoms with Crippen molar-refractivity contribution in [2.24, 2.45) is 0 Å². The van der Waals surface area contributed by atoms with Gasteiger partial charge in [0.2, 0.25) is 0 Å².